The minimum Gasteiger partial charge on any atom is -0.508 e. The molecule has 116 valence electrons. The Bertz CT molecular complexity index is 466. The van der Waals surface area contributed by atoms with E-state index in [1.165, 1.54) is 0 Å². The molecule has 0 heterocycles. The van der Waals surface area contributed by atoms with Gasteiger partial charge in [-0.1, -0.05) is 19.1 Å². The van der Waals surface area contributed by atoms with Crippen LogP contribution in [0.25, 0.3) is 0 Å². The van der Waals surface area contributed by atoms with E-state index in [4.69, 9.17) is 5.11 Å². The first-order valence-corrected chi connectivity index (χ1v) is 7.11. The molecule has 0 spiro atoms. The quantitative estimate of drug-likeness (QED) is 0.651. The van der Waals surface area contributed by atoms with Crippen LogP contribution in [0.5, 0.6) is 5.75 Å². The molecule has 0 bridgehead atoms. The Morgan fingerprint density at radius 2 is 1.76 bits per heavy atom. The summed E-state index contributed by atoms with van der Waals surface area (Å²) in [5.41, 5.74) is 1.05. The van der Waals surface area contributed by atoms with E-state index in [1.807, 2.05) is 19.1 Å². The molecular weight excluding hydrogens is 272 g/mol. The highest BCUT2D eigenvalue weighted by Crippen LogP contribution is 2.22. The third-order valence-electron chi connectivity index (χ3n) is 3.50. The van der Waals surface area contributed by atoms with Crippen LogP contribution in [0.3, 0.4) is 0 Å². The number of aliphatic carboxylic acids is 2. The lowest BCUT2D eigenvalue weighted by Gasteiger charge is -2.17. The minimum absolute atomic E-state index is 0.0100. The van der Waals surface area contributed by atoms with Gasteiger partial charge in [0, 0.05) is 6.42 Å². The summed E-state index contributed by atoms with van der Waals surface area (Å²) in [5.74, 6) is -1.87. The monoisotopic (exact) mass is 294 g/mol. The fraction of sp³-hybridized carbons (Fsp3) is 0.500. The summed E-state index contributed by atoms with van der Waals surface area (Å²) < 4.78 is 0. The first-order chi connectivity index (χ1) is 9.88. The van der Waals surface area contributed by atoms with Gasteiger partial charge in [0.2, 0.25) is 0 Å². The maximum absolute atomic E-state index is 11.2. The summed E-state index contributed by atoms with van der Waals surface area (Å²) in [5, 5.41) is 27.0. The van der Waals surface area contributed by atoms with E-state index in [-0.39, 0.29) is 18.1 Å². The molecule has 5 heteroatoms. The van der Waals surface area contributed by atoms with E-state index in [2.05, 4.69) is 0 Å². The first-order valence-electron chi connectivity index (χ1n) is 7.11. The summed E-state index contributed by atoms with van der Waals surface area (Å²) in [6.45, 7) is 1.99. The molecule has 0 saturated carbocycles. The molecule has 0 amide bonds. The molecule has 1 rings (SSSR count). The van der Waals surface area contributed by atoms with Crippen molar-refractivity contribution >= 4 is 11.9 Å². The highest BCUT2D eigenvalue weighted by Gasteiger charge is 2.20. The van der Waals surface area contributed by atoms with Crippen molar-refractivity contribution in [1.29, 1.82) is 0 Å². The molecule has 1 unspecified atom stereocenters. The Morgan fingerprint density at radius 3 is 2.29 bits per heavy atom. The zero-order valence-corrected chi connectivity index (χ0v) is 12.2. The lowest BCUT2D eigenvalue weighted by molar-refractivity contribution is -0.143. The second kappa shape index (κ2) is 8.29. The Kier molecular flexibility index (Phi) is 6.72. The van der Waals surface area contributed by atoms with Crippen molar-refractivity contribution in [2.45, 2.75) is 39.0 Å². The summed E-state index contributed by atoms with van der Waals surface area (Å²) in [6, 6.07) is 6.88. The lowest BCUT2D eigenvalue weighted by atomic mass is 9.88. The number of rotatable bonds is 9. The number of hydrogen-bond donors (Lipinski definition) is 3. The third kappa shape index (κ3) is 6.79. The third-order valence-corrected chi connectivity index (χ3v) is 3.50. The van der Waals surface area contributed by atoms with Gasteiger partial charge in [0.25, 0.3) is 0 Å². The predicted molar refractivity (Wildman–Crippen MR) is 78.2 cm³/mol. The van der Waals surface area contributed by atoms with Gasteiger partial charge < -0.3 is 15.3 Å². The van der Waals surface area contributed by atoms with E-state index in [9.17, 15) is 19.8 Å². The summed E-state index contributed by atoms with van der Waals surface area (Å²) in [7, 11) is 0. The van der Waals surface area contributed by atoms with Gasteiger partial charge in [-0.2, -0.15) is 0 Å². The first kappa shape index (κ1) is 17.0. The smallest absolute Gasteiger partial charge is 0.306 e. The van der Waals surface area contributed by atoms with Crippen molar-refractivity contribution in [3.63, 3.8) is 0 Å². The Morgan fingerprint density at radius 1 is 1.14 bits per heavy atom. The predicted octanol–water partition coefficient (Wildman–Crippen LogP) is 2.92. The van der Waals surface area contributed by atoms with Crippen molar-refractivity contribution in [3.8, 4) is 5.75 Å². The van der Waals surface area contributed by atoms with Crippen LogP contribution < -0.4 is 0 Å². The summed E-state index contributed by atoms with van der Waals surface area (Å²) in [4.78, 5) is 21.7. The SMILES string of the molecule is CC(Cc1ccc(O)cc1)C[C@@H](CCCC(=O)O)C(=O)O. The summed E-state index contributed by atoms with van der Waals surface area (Å²) in [6.07, 6.45) is 2.05. The molecule has 3 N–H and O–H groups in total. The van der Waals surface area contributed by atoms with Crippen LogP contribution in [0.15, 0.2) is 24.3 Å². The van der Waals surface area contributed by atoms with Gasteiger partial charge in [0.05, 0.1) is 5.92 Å². The van der Waals surface area contributed by atoms with Crippen molar-refractivity contribution in [3.05, 3.63) is 29.8 Å². The largest absolute Gasteiger partial charge is 0.508 e. The number of phenols is 1. The molecular formula is C16H22O5. The number of hydrogen-bond acceptors (Lipinski definition) is 3. The van der Waals surface area contributed by atoms with Crippen molar-refractivity contribution in [2.75, 3.05) is 0 Å². The van der Waals surface area contributed by atoms with Gasteiger partial charge in [-0.15, -0.1) is 0 Å². The minimum atomic E-state index is -0.892. The molecule has 21 heavy (non-hydrogen) atoms. The topological polar surface area (TPSA) is 94.8 Å². The second-order valence-corrected chi connectivity index (χ2v) is 5.53. The molecule has 2 atom stereocenters. The molecule has 0 aliphatic carbocycles. The molecule has 0 aromatic heterocycles. The van der Waals surface area contributed by atoms with E-state index in [0.29, 0.717) is 19.3 Å². The second-order valence-electron chi connectivity index (χ2n) is 5.53. The fourth-order valence-electron chi connectivity index (χ4n) is 2.45. The normalized spacial score (nSPS) is 13.6. The van der Waals surface area contributed by atoms with E-state index >= 15 is 0 Å². The van der Waals surface area contributed by atoms with E-state index in [1.54, 1.807) is 12.1 Å². The zero-order chi connectivity index (χ0) is 15.8. The van der Waals surface area contributed by atoms with Crippen molar-refractivity contribution in [1.82, 2.24) is 0 Å². The van der Waals surface area contributed by atoms with Crippen LogP contribution in [0, 0.1) is 11.8 Å². The van der Waals surface area contributed by atoms with Gasteiger partial charge in [0.1, 0.15) is 5.75 Å². The van der Waals surface area contributed by atoms with Crippen LogP contribution in [0.1, 0.15) is 38.2 Å². The Labute approximate surface area is 124 Å². The highest BCUT2D eigenvalue weighted by atomic mass is 16.4. The number of carboxylic acid groups (broad SMARTS) is 2. The van der Waals surface area contributed by atoms with Gasteiger partial charge in [-0.25, -0.2) is 0 Å². The Hall–Kier alpha value is -2.04. The summed E-state index contributed by atoms with van der Waals surface area (Å²) >= 11 is 0. The van der Waals surface area contributed by atoms with Crippen LogP contribution in [-0.2, 0) is 16.0 Å². The maximum Gasteiger partial charge on any atom is 0.306 e. The van der Waals surface area contributed by atoms with Crippen LogP contribution >= 0.6 is 0 Å². The standard InChI is InChI=1S/C16H22O5/c1-11(9-12-5-7-14(17)8-6-12)10-13(16(20)21)3-2-4-15(18)19/h5-8,11,13,17H,2-4,9-10H2,1H3,(H,18,19)(H,20,21)/t11?,13-/m1/s1. The lowest BCUT2D eigenvalue weighted by Crippen LogP contribution is -2.18. The highest BCUT2D eigenvalue weighted by molar-refractivity contribution is 5.70. The number of phenolic OH excluding ortho intramolecular Hbond substituents is 1. The van der Waals surface area contributed by atoms with Crippen LogP contribution in [0.4, 0.5) is 0 Å². The molecule has 0 radical (unpaired) electrons. The molecule has 0 fully saturated rings. The van der Waals surface area contributed by atoms with Gasteiger partial charge >= 0.3 is 11.9 Å². The molecule has 0 aliphatic rings. The van der Waals surface area contributed by atoms with Gasteiger partial charge in [-0.05, 0) is 49.3 Å². The Balaban J connectivity index is 2.47. The molecule has 1 aromatic carbocycles. The number of carbonyl (C=O) groups is 2. The van der Waals surface area contributed by atoms with Gasteiger partial charge in [-0.3, -0.25) is 9.59 Å². The van der Waals surface area contributed by atoms with E-state index in [0.717, 1.165) is 12.0 Å². The molecule has 0 saturated heterocycles. The average molecular weight is 294 g/mol. The van der Waals surface area contributed by atoms with E-state index < -0.39 is 17.9 Å². The van der Waals surface area contributed by atoms with Crippen LogP contribution in [-0.4, -0.2) is 27.3 Å². The average Bonchev–Trinajstić information content (AvgIpc) is 2.39. The maximum atomic E-state index is 11.2. The van der Waals surface area contributed by atoms with Crippen LogP contribution in [0.2, 0.25) is 0 Å². The van der Waals surface area contributed by atoms with Crippen molar-refractivity contribution in [2.24, 2.45) is 11.8 Å². The fourth-order valence-corrected chi connectivity index (χ4v) is 2.45. The number of carboxylic acids is 2. The zero-order valence-electron chi connectivity index (χ0n) is 12.2. The molecule has 5 nitrogen and oxygen atoms in total. The number of benzene rings is 1. The van der Waals surface area contributed by atoms with Crippen molar-refractivity contribution < 1.29 is 24.9 Å². The number of aromatic hydroxyl groups is 1. The molecule has 0 aliphatic heterocycles. The van der Waals surface area contributed by atoms with Gasteiger partial charge in [0.15, 0.2) is 0 Å². The molecule has 1 aromatic rings.